The summed E-state index contributed by atoms with van der Waals surface area (Å²) >= 11 is 0. The Balaban J connectivity index is 2.53. The van der Waals surface area contributed by atoms with E-state index >= 15 is 0 Å². The average molecular weight is 256 g/mol. The first-order valence-electron chi connectivity index (χ1n) is 7.15. The molecule has 18 heavy (non-hydrogen) atoms. The van der Waals surface area contributed by atoms with E-state index in [1.807, 2.05) is 0 Å². The van der Waals surface area contributed by atoms with Crippen LogP contribution in [-0.2, 0) is 9.53 Å². The van der Waals surface area contributed by atoms with Crippen LogP contribution in [0, 0.1) is 5.41 Å². The molecule has 0 saturated carbocycles. The maximum Gasteiger partial charge on any atom is 0.226 e. The summed E-state index contributed by atoms with van der Waals surface area (Å²) in [6, 6.07) is 0.195. The lowest BCUT2D eigenvalue weighted by molar-refractivity contribution is -0.133. The normalized spacial score (nSPS) is 20.4. The molecular formula is C14H28N2O2. The first-order valence-corrected chi connectivity index (χ1v) is 7.15. The lowest BCUT2D eigenvalue weighted by atomic mass is 9.74. The van der Waals surface area contributed by atoms with Gasteiger partial charge >= 0.3 is 0 Å². The molecule has 1 aliphatic heterocycles. The van der Waals surface area contributed by atoms with Crippen LogP contribution in [0.5, 0.6) is 0 Å². The molecule has 2 N–H and O–H groups in total. The Labute approximate surface area is 111 Å². The van der Waals surface area contributed by atoms with Crippen LogP contribution in [-0.4, -0.2) is 38.8 Å². The quantitative estimate of drug-likeness (QED) is 0.729. The van der Waals surface area contributed by atoms with Crippen LogP contribution in [0.2, 0.25) is 0 Å². The van der Waals surface area contributed by atoms with Crippen molar-refractivity contribution in [3.63, 3.8) is 0 Å². The van der Waals surface area contributed by atoms with Crippen molar-refractivity contribution in [2.45, 2.75) is 52.0 Å². The highest BCUT2D eigenvalue weighted by atomic mass is 16.5. The Morgan fingerprint density at radius 3 is 2.67 bits per heavy atom. The molecular weight excluding hydrogens is 228 g/mol. The number of rotatable bonds is 7. The largest absolute Gasteiger partial charge is 0.385 e. The molecule has 0 aromatic heterocycles. The lowest BCUT2D eigenvalue weighted by Gasteiger charge is -2.37. The SMILES string of the molecule is CCCC1(C(=O)NC(C)CCOC)CCNCC1. The molecule has 1 atom stereocenters. The Kier molecular flexibility index (Phi) is 6.65. The van der Waals surface area contributed by atoms with Crippen molar-refractivity contribution in [2.75, 3.05) is 26.8 Å². The van der Waals surface area contributed by atoms with E-state index in [1.54, 1.807) is 7.11 Å². The zero-order chi connectivity index (χ0) is 13.4. The van der Waals surface area contributed by atoms with E-state index in [4.69, 9.17) is 4.74 Å². The molecule has 0 aromatic carbocycles. The van der Waals surface area contributed by atoms with Gasteiger partial charge in [-0.3, -0.25) is 4.79 Å². The zero-order valence-corrected chi connectivity index (χ0v) is 12.1. The van der Waals surface area contributed by atoms with E-state index in [1.165, 1.54) is 0 Å². The summed E-state index contributed by atoms with van der Waals surface area (Å²) in [5, 5.41) is 6.50. The molecule has 0 radical (unpaired) electrons. The van der Waals surface area contributed by atoms with E-state index in [9.17, 15) is 4.79 Å². The molecule has 4 heteroatoms. The van der Waals surface area contributed by atoms with Crippen molar-refractivity contribution in [1.29, 1.82) is 0 Å². The first kappa shape index (κ1) is 15.4. The molecule has 0 bridgehead atoms. The smallest absolute Gasteiger partial charge is 0.226 e. The Hall–Kier alpha value is -0.610. The predicted molar refractivity (Wildman–Crippen MR) is 73.5 cm³/mol. The fraction of sp³-hybridized carbons (Fsp3) is 0.929. The van der Waals surface area contributed by atoms with Crippen molar-refractivity contribution < 1.29 is 9.53 Å². The highest BCUT2D eigenvalue weighted by molar-refractivity contribution is 5.83. The van der Waals surface area contributed by atoms with Gasteiger partial charge in [-0.1, -0.05) is 13.3 Å². The maximum atomic E-state index is 12.5. The summed E-state index contributed by atoms with van der Waals surface area (Å²) in [6.45, 7) is 6.83. The molecule has 0 aromatic rings. The van der Waals surface area contributed by atoms with Crippen LogP contribution >= 0.6 is 0 Å². The predicted octanol–water partition coefficient (Wildman–Crippen LogP) is 1.70. The Bertz CT molecular complexity index is 245. The fourth-order valence-electron chi connectivity index (χ4n) is 2.72. The van der Waals surface area contributed by atoms with Gasteiger partial charge in [0.2, 0.25) is 5.91 Å². The molecule has 1 unspecified atom stereocenters. The van der Waals surface area contributed by atoms with Crippen LogP contribution in [0.1, 0.15) is 46.0 Å². The van der Waals surface area contributed by atoms with E-state index in [-0.39, 0.29) is 17.4 Å². The molecule has 1 heterocycles. The summed E-state index contributed by atoms with van der Waals surface area (Å²) < 4.78 is 5.05. The van der Waals surface area contributed by atoms with E-state index in [0.717, 1.165) is 45.2 Å². The molecule has 4 nitrogen and oxygen atoms in total. The minimum Gasteiger partial charge on any atom is -0.385 e. The third-order valence-corrected chi connectivity index (χ3v) is 3.90. The maximum absolute atomic E-state index is 12.5. The standard InChI is InChI=1S/C14H28N2O2/c1-4-6-14(7-9-15-10-8-14)13(17)16-12(2)5-11-18-3/h12,15H,4-11H2,1-3H3,(H,16,17). The number of nitrogens with one attached hydrogen (secondary N) is 2. The number of carbonyl (C=O) groups is 1. The van der Waals surface area contributed by atoms with Crippen LogP contribution in [0.3, 0.4) is 0 Å². The molecule has 1 amide bonds. The summed E-state index contributed by atoms with van der Waals surface area (Å²) in [4.78, 5) is 12.5. The van der Waals surface area contributed by atoms with Gasteiger partial charge in [0.25, 0.3) is 0 Å². The van der Waals surface area contributed by atoms with Gasteiger partial charge in [-0.05, 0) is 45.7 Å². The van der Waals surface area contributed by atoms with Crippen molar-refractivity contribution in [2.24, 2.45) is 5.41 Å². The number of ether oxygens (including phenoxy) is 1. The van der Waals surface area contributed by atoms with Gasteiger partial charge in [0, 0.05) is 19.8 Å². The van der Waals surface area contributed by atoms with Gasteiger partial charge in [0.05, 0.1) is 5.41 Å². The van der Waals surface area contributed by atoms with Gasteiger partial charge in [-0.2, -0.15) is 0 Å². The second kappa shape index (κ2) is 7.74. The monoisotopic (exact) mass is 256 g/mol. The van der Waals surface area contributed by atoms with Crippen molar-refractivity contribution >= 4 is 5.91 Å². The van der Waals surface area contributed by atoms with Crippen molar-refractivity contribution in [3.8, 4) is 0 Å². The summed E-state index contributed by atoms with van der Waals surface area (Å²) in [6.07, 6.45) is 4.87. The van der Waals surface area contributed by atoms with Gasteiger partial charge in [-0.25, -0.2) is 0 Å². The number of hydrogen-bond donors (Lipinski definition) is 2. The Morgan fingerprint density at radius 2 is 2.11 bits per heavy atom. The summed E-state index contributed by atoms with van der Waals surface area (Å²) in [7, 11) is 1.69. The highest BCUT2D eigenvalue weighted by Gasteiger charge is 2.38. The molecule has 1 fully saturated rings. The topological polar surface area (TPSA) is 50.4 Å². The molecule has 0 spiro atoms. The van der Waals surface area contributed by atoms with Crippen molar-refractivity contribution in [1.82, 2.24) is 10.6 Å². The van der Waals surface area contributed by atoms with Gasteiger partial charge < -0.3 is 15.4 Å². The lowest BCUT2D eigenvalue weighted by Crippen LogP contribution is -2.49. The van der Waals surface area contributed by atoms with Gasteiger partial charge in [0.1, 0.15) is 0 Å². The Morgan fingerprint density at radius 1 is 1.44 bits per heavy atom. The minimum atomic E-state index is -0.138. The van der Waals surface area contributed by atoms with Crippen LogP contribution in [0.25, 0.3) is 0 Å². The van der Waals surface area contributed by atoms with Crippen LogP contribution in [0.15, 0.2) is 0 Å². The van der Waals surface area contributed by atoms with Gasteiger partial charge in [-0.15, -0.1) is 0 Å². The fourth-order valence-corrected chi connectivity index (χ4v) is 2.72. The second-order valence-corrected chi connectivity index (χ2v) is 5.44. The third kappa shape index (κ3) is 4.25. The zero-order valence-electron chi connectivity index (χ0n) is 12.1. The number of amides is 1. The number of methoxy groups -OCH3 is 1. The number of piperidine rings is 1. The number of hydrogen-bond acceptors (Lipinski definition) is 3. The summed E-state index contributed by atoms with van der Waals surface area (Å²) in [5.41, 5.74) is -0.138. The van der Waals surface area contributed by atoms with E-state index in [2.05, 4.69) is 24.5 Å². The average Bonchev–Trinajstić information content (AvgIpc) is 2.37. The van der Waals surface area contributed by atoms with Gasteiger partial charge in [0.15, 0.2) is 0 Å². The first-order chi connectivity index (χ1) is 8.64. The van der Waals surface area contributed by atoms with Crippen LogP contribution in [0.4, 0.5) is 0 Å². The van der Waals surface area contributed by atoms with Crippen molar-refractivity contribution in [3.05, 3.63) is 0 Å². The third-order valence-electron chi connectivity index (χ3n) is 3.90. The molecule has 0 aliphatic carbocycles. The van der Waals surface area contributed by atoms with E-state index in [0.29, 0.717) is 6.61 Å². The molecule has 1 aliphatic rings. The van der Waals surface area contributed by atoms with Crippen LogP contribution < -0.4 is 10.6 Å². The molecule has 106 valence electrons. The minimum absolute atomic E-state index is 0.138. The molecule has 1 saturated heterocycles. The second-order valence-electron chi connectivity index (χ2n) is 5.44. The van der Waals surface area contributed by atoms with E-state index < -0.39 is 0 Å². The highest BCUT2D eigenvalue weighted by Crippen LogP contribution is 2.34. The molecule has 1 rings (SSSR count). The number of carbonyl (C=O) groups excluding carboxylic acids is 1. The summed E-state index contributed by atoms with van der Waals surface area (Å²) in [5.74, 6) is 0.245.